The Labute approximate surface area is 178 Å². The van der Waals surface area contributed by atoms with Crippen molar-refractivity contribution in [2.45, 2.75) is 13.3 Å². The van der Waals surface area contributed by atoms with Crippen LogP contribution in [0.2, 0.25) is 0 Å². The van der Waals surface area contributed by atoms with Gasteiger partial charge in [0.15, 0.2) is 5.11 Å². The van der Waals surface area contributed by atoms with Crippen LogP contribution in [0.4, 0.5) is 5.69 Å². The zero-order valence-corrected chi connectivity index (χ0v) is 17.0. The fourth-order valence-corrected chi connectivity index (χ4v) is 3.14. The summed E-state index contributed by atoms with van der Waals surface area (Å²) in [5, 5.41) is 5.39. The molecule has 2 aromatic carbocycles. The SMILES string of the molecule is CCOC(=O)c1ccc(NC(=S)NC(=O)CCN2C(=O)c3ccccc3C2=O)cc1. The normalized spacial score (nSPS) is 12.4. The number of anilines is 1. The smallest absolute Gasteiger partial charge is 0.338 e. The molecule has 30 heavy (non-hydrogen) atoms. The monoisotopic (exact) mass is 425 g/mol. The van der Waals surface area contributed by atoms with Crippen LogP contribution < -0.4 is 10.6 Å². The Morgan fingerprint density at radius 3 is 2.17 bits per heavy atom. The van der Waals surface area contributed by atoms with Crippen molar-refractivity contribution < 1.29 is 23.9 Å². The predicted molar refractivity (Wildman–Crippen MR) is 113 cm³/mol. The average molecular weight is 425 g/mol. The number of hydrogen-bond donors (Lipinski definition) is 2. The summed E-state index contributed by atoms with van der Waals surface area (Å²) in [4.78, 5) is 49.5. The van der Waals surface area contributed by atoms with E-state index in [4.69, 9.17) is 17.0 Å². The molecule has 2 N–H and O–H groups in total. The molecule has 0 unspecified atom stereocenters. The van der Waals surface area contributed by atoms with Crippen LogP contribution in [0, 0.1) is 0 Å². The van der Waals surface area contributed by atoms with Crippen molar-refractivity contribution in [1.82, 2.24) is 10.2 Å². The second-order valence-electron chi connectivity index (χ2n) is 6.36. The lowest BCUT2D eigenvalue weighted by Gasteiger charge is -2.14. The largest absolute Gasteiger partial charge is 0.462 e. The molecule has 0 radical (unpaired) electrons. The van der Waals surface area contributed by atoms with Gasteiger partial charge in [0.25, 0.3) is 11.8 Å². The first-order valence-corrected chi connectivity index (χ1v) is 9.64. The molecule has 1 aliphatic heterocycles. The van der Waals surface area contributed by atoms with E-state index in [0.717, 1.165) is 4.90 Å². The van der Waals surface area contributed by atoms with E-state index in [-0.39, 0.29) is 24.7 Å². The molecule has 0 bridgehead atoms. The topological polar surface area (TPSA) is 105 Å². The highest BCUT2D eigenvalue weighted by atomic mass is 32.1. The van der Waals surface area contributed by atoms with E-state index in [1.807, 2.05) is 0 Å². The summed E-state index contributed by atoms with van der Waals surface area (Å²) >= 11 is 5.11. The number of fused-ring (bicyclic) bond motifs is 1. The number of amides is 3. The third kappa shape index (κ3) is 4.69. The minimum atomic E-state index is -0.438. The molecule has 0 aliphatic carbocycles. The molecular formula is C21H19N3O5S. The summed E-state index contributed by atoms with van der Waals surface area (Å²) in [6.45, 7) is 1.97. The van der Waals surface area contributed by atoms with E-state index in [2.05, 4.69) is 10.6 Å². The molecule has 0 saturated heterocycles. The zero-order chi connectivity index (χ0) is 21.7. The van der Waals surface area contributed by atoms with E-state index in [1.165, 1.54) is 0 Å². The predicted octanol–water partition coefficient (Wildman–Crippen LogP) is 2.36. The lowest BCUT2D eigenvalue weighted by Crippen LogP contribution is -2.38. The van der Waals surface area contributed by atoms with E-state index in [9.17, 15) is 19.2 Å². The van der Waals surface area contributed by atoms with Crippen LogP contribution in [0.1, 0.15) is 44.4 Å². The van der Waals surface area contributed by atoms with Gasteiger partial charge in [-0.05, 0) is 55.5 Å². The first-order chi connectivity index (χ1) is 14.4. The standard InChI is InChI=1S/C21H19N3O5S/c1-2-29-20(28)13-7-9-14(10-8-13)22-21(30)23-17(25)11-12-24-18(26)15-5-3-4-6-16(15)19(24)27/h3-10H,2,11-12H2,1H3,(H2,22,23,25,30). The minimum Gasteiger partial charge on any atom is -0.462 e. The molecular weight excluding hydrogens is 406 g/mol. The second-order valence-corrected chi connectivity index (χ2v) is 6.77. The van der Waals surface area contributed by atoms with Gasteiger partial charge in [-0.15, -0.1) is 0 Å². The number of carbonyl (C=O) groups excluding carboxylic acids is 4. The second kappa shape index (κ2) is 9.27. The molecule has 0 fully saturated rings. The Morgan fingerprint density at radius 1 is 1.00 bits per heavy atom. The van der Waals surface area contributed by atoms with Crippen molar-refractivity contribution in [1.29, 1.82) is 0 Å². The molecule has 0 spiro atoms. The molecule has 3 rings (SSSR count). The Balaban J connectivity index is 1.48. The van der Waals surface area contributed by atoms with E-state index in [0.29, 0.717) is 22.4 Å². The van der Waals surface area contributed by atoms with Crippen LogP contribution in [0.3, 0.4) is 0 Å². The maximum Gasteiger partial charge on any atom is 0.338 e. The van der Waals surface area contributed by atoms with Crippen LogP contribution >= 0.6 is 12.2 Å². The number of imide groups is 1. The van der Waals surface area contributed by atoms with Gasteiger partial charge in [0, 0.05) is 18.7 Å². The molecule has 0 atom stereocenters. The van der Waals surface area contributed by atoms with Gasteiger partial charge in [0.05, 0.1) is 23.3 Å². The number of thiocarbonyl (C=S) groups is 1. The van der Waals surface area contributed by atoms with Gasteiger partial charge in [0.1, 0.15) is 0 Å². The molecule has 154 valence electrons. The quantitative estimate of drug-likeness (QED) is 0.416. The molecule has 1 heterocycles. The van der Waals surface area contributed by atoms with Crippen LogP contribution in [-0.2, 0) is 9.53 Å². The van der Waals surface area contributed by atoms with E-state index < -0.39 is 23.7 Å². The van der Waals surface area contributed by atoms with Crippen molar-refractivity contribution in [3.05, 3.63) is 65.2 Å². The number of carbonyl (C=O) groups is 4. The van der Waals surface area contributed by atoms with Crippen molar-refractivity contribution in [3.8, 4) is 0 Å². The molecule has 0 aromatic heterocycles. The summed E-state index contributed by atoms with van der Waals surface area (Å²) in [6.07, 6.45) is -0.0882. The highest BCUT2D eigenvalue weighted by molar-refractivity contribution is 7.80. The lowest BCUT2D eigenvalue weighted by atomic mass is 10.1. The van der Waals surface area contributed by atoms with Crippen molar-refractivity contribution in [2.75, 3.05) is 18.5 Å². The third-order valence-corrected chi connectivity index (χ3v) is 4.55. The Kier molecular flexibility index (Phi) is 6.53. The Morgan fingerprint density at radius 2 is 1.60 bits per heavy atom. The van der Waals surface area contributed by atoms with Crippen LogP contribution in [-0.4, -0.2) is 46.9 Å². The Bertz CT molecular complexity index is 985. The van der Waals surface area contributed by atoms with Crippen molar-refractivity contribution in [2.24, 2.45) is 0 Å². The maximum absolute atomic E-state index is 12.3. The van der Waals surface area contributed by atoms with Gasteiger partial charge in [-0.1, -0.05) is 12.1 Å². The van der Waals surface area contributed by atoms with Crippen molar-refractivity contribution in [3.63, 3.8) is 0 Å². The van der Waals surface area contributed by atoms with Crippen LogP contribution in [0.15, 0.2) is 48.5 Å². The summed E-state index contributed by atoms with van der Waals surface area (Å²) in [5.74, 6) is -1.68. The zero-order valence-electron chi connectivity index (χ0n) is 16.1. The molecule has 2 aromatic rings. The van der Waals surface area contributed by atoms with Crippen LogP contribution in [0.5, 0.6) is 0 Å². The van der Waals surface area contributed by atoms with Gasteiger partial charge < -0.3 is 15.4 Å². The number of esters is 1. The highest BCUT2D eigenvalue weighted by Gasteiger charge is 2.34. The van der Waals surface area contributed by atoms with Gasteiger partial charge in [0.2, 0.25) is 5.91 Å². The van der Waals surface area contributed by atoms with Crippen LogP contribution in [0.25, 0.3) is 0 Å². The number of rotatable bonds is 6. The molecule has 8 nitrogen and oxygen atoms in total. The molecule has 3 amide bonds. The third-order valence-electron chi connectivity index (χ3n) is 4.35. The fraction of sp³-hybridized carbons (Fsp3) is 0.190. The van der Waals surface area contributed by atoms with E-state index in [1.54, 1.807) is 55.5 Å². The number of benzene rings is 2. The van der Waals surface area contributed by atoms with Gasteiger partial charge in [-0.3, -0.25) is 19.3 Å². The number of hydrogen-bond acceptors (Lipinski definition) is 6. The average Bonchev–Trinajstić information content (AvgIpc) is 2.97. The number of nitrogens with zero attached hydrogens (tertiary/aromatic N) is 1. The first-order valence-electron chi connectivity index (χ1n) is 9.24. The highest BCUT2D eigenvalue weighted by Crippen LogP contribution is 2.22. The molecule has 9 heteroatoms. The summed E-state index contributed by atoms with van der Waals surface area (Å²) < 4.78 is 4.91. The minimum absolute atomic E-state index is 0.0466. The molecule has 1 aliphatic rings. The number of ether oxygens (including phenoxy) is 1. The fourth-order valence-electron chi connectivity index (χ4n) is 2.91. The first kappa shape index (κ1) is 21.1. The molecule has 0 saturated carbocycles. The summed E-state index contributed by atoms with van der Waals surface area (Å²) in [6, 6.07) is 12.9. The van der Waals surface area contributed by atoms with Crippen molar-refractivity contribution >= 4 is 46.7 Å². The maximum atomic E-state index is 12.3. The Hall–Kier alpha value is -3.59. The number of nitrogens with one attached hydrogen (secondary N) is 2. The van der Waals surface area contributed by atoms with Gasteiger partial charge in [-0.25, -0.2) is 4.79 Å². The lowest BCUT2D eigenvalue weighted by molar-refractivity contribution is -0.119. The van der Waals surface area contributed by atoms with Gasteiger partial charge in [-0.2, -0.15) is 0 Å². The van der Waals surface area contributed by atoms with E-state index >= 15 is 0 Å². The summed E-state index contributed by atoms with van der Waals surface area (Å²) in [7, 11) is 0. The summed E-state index contributed by atoms with van der Waals surface area (Å²) in [5.41, 5.74) is 1.66. The van der Waals surface area contributed by atoms with Gasteiger partial charge >= 0.3 is 5.97 Å².